The van der Waals surface area contributed by atoms with Gasteiger partial charge in [0.15, 0.2) is 5.78 Å². The number of aromatic nitrogens is 1. The van der Waals surface area contributed by atoms with E-state index in [0.717, 1.165) is 35.2 Å². The molecule has 21 heavy (non-hydrogen) atoms. The standard InChI is InChI=1S/C19H17NO/c1-14(21)16-11-17(15-7-3-2-4-8-15)13-18(12-16)19-9-5-6-10-20-19/h3,5-13H,2,4H2,1H3. The molecule has 0 N–H and O–H groups in total. The van der Waals surface area contributed by atoms with Crippen LogP contribution in [-0.4, -0.2) is 10.8 Å². The molecule has 2 heteroatoms. The van der Waals surface area contributed by atoms with Crippen LogP contribution in [0, 0.1) is 0 Å². The van der Waals surface area contributed by atoms with Gasteiger partial charge in [0.05, 0.1) is 5.69 Å². The van der Waals surface area contributed by atoms with E-state index in [4.69, 9.17) is 0 Å². The van der Waals surface area contributed by atoms with Gasteiger partial charge in [-0.3, -0.25) is 9.78 Å². The second-order valence-corrected chi connectivity index (χ2v) is 5.21. The molecule has 0 fully saturated rings. The molecular weight excluding hydrogens is 258 g/mol. The van der Waals surface area contributed by atoms with Crippen LogP contribution in [0.2, 0.25) is 0 Å². The van der Waals surface area contributed by atoms with E-state index >= 15 is 0 Å². The predicted octanol–water partition coefficient (Wildman–Crippen LogP) is 4.68. The van der Waals surface area contributed by atoms with Gasteiger partial charge in [-0.15, -0.1) is 0 Å². The lowest BCUT2D eigenvalue weighted by atomic mass is 9.94. The molecule has 1 heterocycles. The van der Waals surface area contributed by atoms with Gasteiger partial charge in [-0.1, -0.05) is 24.3 Å². The maximum atomic E-state index is 11.8. The van der Waals surface area contributed by atoms with Crippen LogP contribution >= 0.6 is 0 Å². The van der Waals surface area contributed by atoms with Crippen molar-refractivity contribution >= 4 is 11.4 Å². The van der Waals surface area contributed by atoms with Crippen molar-refractivity contribution in [2.24, 2.45) is 0 Å². The van der Waals surface area contributed by atoms with Gasteiger partial charge in [0, 0.05) is 17.3 Å². The number of carbonyl (C=O) groups is 1. The first kappa shape index (κ1) is 13.5. The summed E-state index contributed by atoms with van der Waals surface area (Å²) in [5.74, 6) is 0.0782. The molecule has 0 atom stereocenters. The van der Waals surface area contributed by atoms with Gasteiger partial charge in [-0.2, -0.15) is 0 Å². The molecule has 0 saturated carbocycles. The number of carbonyl (C=O) groups excluding carboxylic acids is 1. The van der Waals surface area contributed by atoms with Gasteiger partial charge in [-0.05, 0) is 61.2 Å². The molecule has 0 aliphatic heterocycles. The summed E-state index contributed by atoms with van der Waals surface area (Å²) >= 11 is 0. The van der Waals surface area contributed by atoms with Crippen molar-refractivity contribution in [1.82, 2.24) is 4.98 Å². The van der Waals surface area contributed by atoms with Crippen molar-refractivity contribution in [3.63, 3.8) is 0 Å². The minimum absolute atomic E-state index is 0.0782. The van der Waals surface area contributed by atoms with E-state index in [1.807, 2.05) is 30.3 Å². The molecule has 1 aromatic heterocycles. The third kappa shape index (κ3) is 3.00. The SMILES string of the molecule is CC(=O)c1cc(C2=CCCC=C2)cc(-c2ccccn2)c1. The first-order valence-electron chi connectivity index (χ1n) is 7.18. The minimum atomic E-state index is 0.0782. The zero-order valence-corrected chi connectivity index (χ0v) is 12.0. The maximum Gasteiger partial charge on any atom is 0.159 e. The molecule has 0 bridgehead atoms. The lowest BCUT2D eigenvalue weighted by Gasteiger charge is -2.11. The Morgan fingerprint density at radius 1 is 1.10 bits per heavy atom. The Morgan fingerprint density at radius 2 is 1.95 bits per heavy atom. The minimum Gasteiger partial charge on any atom is -0.295 e. The highest BCUT2D eigenvalue weighted by molar-refractivity contribution is 5.97. The largest absolute Gasteiger partial charge is 0.295 e. The summed E-state index contributed by atoms with van der Waals surface area (Å²) in [5.41, 5.74) is 4.87. The fraction of sp³-hybridized carbons (Fsp3) is 0.158. The zero-order valence-electron chi connectivity index (χ0n) is 12.0. The number of rotatable bonds is 3. The lowest BCUT2D eigenvalue weighted by Crippen LogP contribution is -1.97. The van der Waals surface area contributed by atoms with Crippen LogP contribution < -0.4 is 0 Å². The summed E-state index contributed by atoms with van der Waals surface area (Å²) < 4.78 is 0. The van der Waals surface area contributed by atoms with Crippen molar-refractivity contribution in [3.05, 3.63) is 72.0 Å². The van der Waals surface area contributed by atoms with Crippen molar-refractivity contribution in [2.45, 2.75) is 19.8 Å². The first-order valence-corrected chi connectivity index (χ1v) is 7.18. The van der Waals surface area contributed by atoms with Crippen LogP contribution in [0.4, 0.5) is 0 Å². The fourth-order valence-corrected chi connectivity index (χ4v) is 2.51. The number of Topliss-reactive ketones (excluding diaryl/α,β-unsaturated/α-hetero) is 1. The van der Waals surface area contributed by atoms with E-state index < -0.39 is 0 Å². The van der Waals surface area contributed by atoms with Crippen LogP contribution in [0.3, 0.4) is 0 Å². The third-order valence-corrected chi connectivity index (χ3v) is 3.63. The van der Waals surface area contributed by atoms with Crippen molar-refractivity contribution < 1.29 is 4.79 Å². The highest BCUT2D eigenvalue weighted by Crippen LogP contribution is 2.27. The fourth-order valence-electron chi connectivity index (χ4n) is 2.51. The quantitative estimate of drug-likeness (QED) is 0.761. The van der Waals surface area contributed by atoms with Crippen molar-refractivity contribution in [2.75, 3.05) is 0 Å². The number of ketones is 1. The second kappa shape index (κ2) is 5.88. The molecule has 1 aromatic carbocycles. The monoisotopic (exact) mass is 275 g/mol. The van der Waals surface area contributed by atoms with E-state index in [9.17, 15) is 4.79 Å². The van der Waals surface area contributed by atoms with E-state index in [-0.39, 0.29) is 5.78 Å². The predicted molar refractivity (Wildman–Crippen MR) is 86.0 cm³/mol. The van der Waals surface area contributed by atoms with Crippen LogP contribution in [-0.2, 0) is 0 Å². The second-order valence-electron chi connectivity index (χ2n) is 5.21. The van der Waals surface area contributed by atoms with Gasteiger partial charge < -0.3 is 0 Å². The number of hydrogen-bond donors (Lipinski definition) is 0. The highest BCUT2D eigenvalue weighted by atomic mass is 16.1. The summed E-state index contributed by atoms with van der Waals surface area (Å²) in [7, 11) is 0. The highest BCUT2D eigenvalue weighted by Gasteiger charge is 2.10. The first-order chi connectivity index (χ1) is 10.2. The van der Waals surface area contributed by atoms with Gasteiger partial charge in [0.1, 0.15) is 0 Å². The molecule has 2 aromatic rings. The van der Waals surface area contributed by atoms with E-state index in [1.165, 1.54) is 5.57 Å². The summed E-state index contributed by atoms with van der Waals surface area (Å²) in [5, 5.41) is 0. The average molecular weight is 275 g/mol. The van der Waals surface area contributed by atoms with Crippen LogP contribution in [0.1, 0.15) is 35.7 Å². The molecule has 1 aliphatic rings. The average Bonchev–Trinajstić information content (AvgIpc) is 2.56. The van der Waals surface area contributed by atoms with Gasteiger partial charge in [0.2, 0.25) is 0 Å². The Labute approximate surface area is 124 Å². The molecule has 0 spiro atoms. The van der Waals surface area contributed by atoms with Gasteiger partial charge in [0.25, 0.3) is 0 Å². The van der Waals surface area contributed by atoms with E-state index in [0.29, 0.717) is 0 Å². The molecule has 2 nitrogen and oxygen atoms in total. The van der Waals surface area contributed by atoms with E-state index in [2.05, 4.69) is 29.3 Å². The maximum absolute atomic E-state index is 11.8. The molecule has 1 aliphatic carbocycles. The summed E-state index contributed by atoms with van der Waals surface area (Å²) in [6.07, 6.45) is 10.4. The number of benzene rings is 1. The molecule has 104 valence electrons. The molecular formula is C19H17NO. The van der Waals surface area contributed by atoms with Gasteiger partial charge in [-0.25, -0.2) is 0 Å². The number of hydrogen-bond acceptors (Lipinski definition) is 2. The molecule has 0 radical (unpaired) electrons. The van der Waals surface area contributed by atoms with Crippen LogP contribution in [0.5, 0.6) is 0 Å². The Bertz CT molecular complexity index is 726. The normalized spacial score (nSPS) is 13.9. The Kier molecular flexibility index (Phi) is 3.78. The van der Waals surface area contributed by atoms with Crippen molar-refractivity contribution in [3.8, 4) is 11.3 Å². The van der Waals surface area contributed by atoms with Crippen molar-refractivity contribution in [1.29, 1.82) is 0 Å². The molecule has 3 rings (SSSR count). The van der Waals surface area contributed by atoms with Crippen LogP contribution in [0.25, 0.3) is 16.8 Å². The Morgan fingerprint density at radius 3 is 2.62 bits per heavy atom. The zero-order chi connectivity index (χ0) is 14.7. The number of nitrogens with zero attached hydrogens (tertiary/aromatic N) is 1. The third-order valence-electron chi connectivity index (χ3n) is 3.63. The smallest absolute Gasteiger partial charge is 0.159 e. The number of pyridine rings is 1. The lowest BCUT2D eigenvalue weighted by molar-refractivity contribution is 0.101. The molecule has 0 unspecified atom stereocenters. The molecule has 0 saturated heterocycles. The number of allylic oxidation sites excluding steroid dienone is 4. The summed E-state index contributed by atoms with van der Waals surface area (Å²) in [6.45, 7) is 1.60. The summed E-state index contributed by atoms with van der Waals surface area (Å²) in [6, 6.07) is 11.8. The van der Waals surface area contributed by atoms with Gasteiger partial charge >= 0.3 is 0 Å². The molecule has 0 amide bonds. The summed E-state index contributed by atoms with van der Waals surface area (Å²) in [4.78, 5) is 16.2. The topological polar surface area (TPSA) is 30.0 Å². The Balaban J connectivity index is 2.13. The Hall–Kier alpha value is -2.48. The van der Waals surface area contributed by atoms with E-state index in [1.54, 1.807) is 13.1 Å². The van der Waals surface area contributed by atoms with Crippen LogP contribution in [0.15, 0.2) is 60.8 Å².